The molecule has 28 heavy (non-hydrogen) atoms. The molecule has 1 aliphatic carbocycles. The lowest BCUT2D eigenvalue weighted by atomic mass is 9.73. The summed E-state index contributed by atoms with van der Waals surface area (Å²) in [6.07, 6.45) is 3.26. The highest BCUT2D eigenvalue weighted by Crippen LogP contribution is 2.38. The summed E-state index contributed by atoms with van der Waals surface area (Å²) in [4.78, 5) is 49.9. The van der Waals surface area contributed by atoms with Gasteiger partial charge in [0, 0.05) is 10.7 Å². The summed E-state index contributed by atoms with van der Waals surface area (Å²) in [7, 11) is 0. The van der Waals surface area contributed by atoms with E-state index in [1.807, 2.05) is 6.92 Å². The summed E-state index contributed by atoms with van der Waals surface area (Å²) >= 11 is 5.84. The zero-order chi connectivity index (χ0) is 20.3. The molecular formula is C19H22ClN3O5. The van der Waals surface area contributed by atoms with E-state index >= 15 is 0 Å². The molecule has 1 spiro atoms. The minimum Gasteiger partial charge on any atom is -0.454 e. The van der Waals surface area contributed by atoms with Crippen molar-refractivity contribution in [3.63, 3.8) is 0 Å². The topological polar surface area (TPSA) is 105 Å². The fraction of sp³-hybridized carbons (Fsp3) is 0.474. The minimum absolute atomic E-state index is 0.00203. The Morgan fingerprint density at radius 1 is 1.36 bits per heavy atom. The number of imide groups is 1. The molecule has 2 fully saturated rings. The van der Waals surface area contributed by atoms with Crippen LogP contribution in [0.2, 0.25) is 5.02 Å². The van der Waals surface area contributed by atoms with E-state index in [0.717, 1.165) is 24.2 Å². The van der Waals surface area contributed by atoms with Crippen molar-refractivity contribution in [1.82, 2.24) is 10.2 Å². The van der Waals surface area contributed by atoms with Crippen LogP contribution in [0.5, 0.6) is 0 Å². The Morgan fingerprint density at radius 3 is 2.86 bits per heavy atom. The number of nitrogens with one attached hydrogen (secondary N) is 2. The Morgan fingerprint density at radius 2 is 2.14 bits per heavy atom. The largest absolute Gasteiger partial charge is 0.454 e. The van der Waals surface area contributed by atoms with Crippen LogP contribution in [0.1, 0.15) is 32.6 Å². The monoisotopic (exact) mass is 407 g/mol. The number of halogens is 1. The summed E-state index contributed by atoms with van der Waals surface area (Å²) in [5.74, 6) is -1.78. The second-order valence-electron chi connectivity index (χ2n) is 7.16. The molecule has 3 rings (SSSR count). The van der Waals surface area contributed by atoms with Gasteiger partial charge in [-0.15, -0.1) is 0 Å². The van der Waals surface area contributed by atoms with E-state index in [4.69, 9.17) is 16.3 Å². The number of anilines is 1. The summed E-state index contributed by atoms with van der Waals surface area (Å²) in [5, 5.41) is 5.76. The third-order valence-corrected chi connectivity index (χ3v) is 5.50. The summed E-state index contributed by atoms with van der Waals surface area (Å²) in [5.41, 5.74) is -0.463. The van der Waals surface area contributed by atoms with Gasteiger partial charge in [-0.3, -0.25) is 19.3 Å². The zero-order valence-electron chi connectivity index (χ0n) is 15.5. The number of hydrogen-bond donors (Lipinski definition) is 2. The average molecular weight is 408 g/mol. The number of benzene rings is 1. The highest BCUT2D eigenvalue weighted by molar-refractivity contribution is 6.30. The number of urea groups is 1. The van der Waals surface area contributed by atoms with Gasteiger partial charge in [-0.1, -0.05) is 37.4 Å². The lowest BCUT2D eigenvalue weighted by molar-refractivity contribution is -0.150. The molecular weight excluding hydrogens is 386 g/mol. The van der Waals surface area contributed by atoms with Crippen LogP contribution in [-0.2, 0) is 19.1 Å². The molecule has 0 radical (unpaired) electrons. The first kappa shape index (κ1) is 20.1. The fourth-order valence-corrected chi connectivity index (χ4v) is 3.91. The molecule has 0 bridgehead atoms. The number of carbonyl (C=O) groups excluding carboxylic acids is 4. The highest BCUT2D eigenvalue weighted by Gasteiger charge is 2.55. The van der Waals surface area contributed by atoms with Gasteiger partial charge in [0.25, 0.3) is 11.8 Å². The van der Waals surface area contributed by atoms with Crippen LogP contribution in [0.3, 0.4) is 0 Å². The Balaban J connectivity index is 1.52. The second kappa shape index (κ2) is 8.18. The standard InChI is InChI=1S/C19H22ClN3O5/c1-12-5-2-3-8-19(12)17(26)23(18(27)22-19)10-16(25)28-11-15(24)21-14-7-4-6-13(20)9-14/h4,6-7,9,12H,2-3,5,8,10-11H2,1H3,(H,21,24)(H,22,27)/t12-,19+/m1/s1. The number of nitrogens with zero attached hydrogens (tertiary/aromatic N) is 1. The predicted octanol–water partition coefficient (Wildman–Crippen LogP) is 2.32. The van der Waals surface area contributed by atoms with Crippen molar-refractivity contribution in [3.05, 3.63) is 29.3 Å². The van der Waals surface area contributed by atoms with Crippen molar-refractivity contribution >= 4 is 41.1 Å². The molecule has 1 aromatic rings. The molecule has 1 saturated carbocycles. The van der Waals surface area contributed by atoms with E-state index in [1.54, 1.807) is 24.3 Å². The number of hydrogen-bond acceptors (Lipinski definition) is 5. The van der Waals surface area contributed by atoms with Crippen LogP contribution in [0.25, 0.3) is 0 Å². The molecule has 8 nitrogen and oxygen atoms in total. The van der Waals surface area contributed by atoms with Crippen molar-refractivity contribution in [2.45, 2.75) is 38.1 Å². The highest BCUT2D eigenvalue weighted by atomic mass is 35.5. The fourth-order valence-electron chi connectivity index (χ4n) is 3.72. The molecule has 1 aromatic carbocycles. The number of esters is 1. The van der Waals surface area contributed by atoms with Gasteiger partial charge in [0.1, 0.15) is 12.1 Å². The van der Waals surface area contributed by atoms with Crippen molar-refractivity contribution in [2.75, 3.05) is 18.5 Å². The Hall–Kier alpha value is -2.61. The van der Waals surface area contributed by atoms with Crippen molar-refractivity contribution < 1.29 is 23.9 Å². The molecule has 2 aliphatic rings. The van der Waals surface area contributed by atoms with E-state index in [1.165, 1.54) is 0 Å². The Kier molecular flexibility index (Phi) is 5.88. The molecule has 150 valence electrons. The van der Waals surface area contributed by atoms with Gasteiger partial charge < -0.3 is 15.4 Å². The van der Waals surface area contributed by atoms with Crippen LogP contribution in [0.15, 0.2) is 24.3 Å². The van der Waals surface area contributed by atoms with E-state index in [0.29, 0.717) is 17.1 Å². The molecule has 2 atom stereocenters. The van der Waals surface area contributed by atoms with Crippen LogP contribution in [0.4, 0.5) is 10.5 Å². The molecule has 1 saturated heterocycles. The second-order valence-corrected chi connectivity index (χ2v) is 7.60. The lowest BCUT2D eigenvalue weighted by Crippen LogP contribution is -2.54. The van der Waals surface area contributed by atoms with Gasteiger partial charge in [-0.2, -0.15) is 0 Å². The molecule has 4 amide bonds. The normalized spacial score (nSPS) is 24.2. The van der Waals surface area contributed by atoms with Crippen molar-refractivity contribution in [2.24, 2.45) is 5.92 Å². The van der Waals surface area contributed by atoms with Gasteiger partial charge in [0.15, 0.2) is 6.61 Å². The van der Waals surface area contributed by atoms with Crippen molar-refractivity contribution in [3.8, 4) is 0 Å². The summed E-state index contributed by atoms with van der Waals surface area (Å²) < 4.78 is 4.91. The maximum atomic E-state index is 12.8. The smallest absolute Gasteiger partial charge is 0.326 e. The number of amides is 4. The quantitative estimate of drug-likeness (QED) is 0.575. The number of ether oxygens (including phenoxy) is 1. The van der Waals surface area contributed by atoms with Crippen LogP contribution < -0.4 is 10.6 Å². The first-order valence-electron chi connectivity index (χ1n) is 9.17. The van der Waals surface area contributed by atoms with Crippen LogP contribution >= 0.6 is 11.6 Å². The first-order valence-corrected chi connectivity index (χ1v) is 9.55. The minimum atomic E-state index is -0.931. The molecule has 0 aromatic heterocycles. The van der Waals surface area contributed by atoms with E-state index in [9.17, 15) is 19.2 Å². The van der Waals surface area contributed by atoms with Crippen LogP contribution in [0, 0.1) is 5.92 Å². The SMILES string of the molecule is C[C@@H]1CCCC[C@]12NC(=O)N(CC(=O)OCC(=O)Nc1cccc(Cl)c1)C2=O. The summed E-state index contributed by atoms with van der Waals surface area (Å²) in [6, 6.07) is 5.93. The van der Waals surface area contributed by atoms with Gasteiger partial charge >= 0.3 is 12.0 Å². The van der Waals surface area contributed by atoms with E-state index in [-0.39, 0.29) is 5.92 Å². The molecule has 9 heteroatoms. The number of carbonyl (C=O) groups is 4. The average Bonchev–Trinajstić information content (AvgIpc) is 2.88. The third kappa shape index (κ3) is 4.11. The maximum absolute atomic E-state index is 12.8. The van der Waals surface area contributed by atoms with E-state index in [2.05, 4.69) is 10.6 Å². The van der Waals surface area contributed by atoms with Gasteiger partial charge in [0.2, 0.25) is 0 Å². The number of rotatable bonds is 5. The van der Waals surface area contributed by atoms with E-state index < -0.39 is 42.5 Å². The molecule has 1 heterocycles. The van der Waals surface area contributed by atoms with Crippen LogP contribution in [-0.4, -0.2) is 47.4 Å². The van der Waals surface area contributed by atoms with Gasteiger partial charge in [-0.25, -0.2) is 4.79 Å². The molecule has 0 unspecified atom stereocenters. The summed E-state index contributed by atoms with van der Waals surface area (Å²) in [6.45, 7) is 0.874. The Bertz CT molecular complexity index is 815. The lowest BCUT2D eigenvalue weighted by Gasteiger charge is -2.36. The van der Waals surface area contributed by atoms with Gasteiger partial charge in [0.05, 0.1) is 0 Å². The third-order valence-electron chi connectivity index (χ3n) is 5.26. The predicted molar refractivity (Wildman–Crippen MR) is 102 cm³/mol. The first-order chi connectivity index (χ1) is 13.3. The zero-order valence-corrected chi connectivity index (χ0v) is 16.3. The van der Waals surface area contributed by atoms with Gasteiger partial charge in [-0.05, 0) is 37.0 Å². The molecule has 2 N–H and O–H groups in total. The maximum Gasteiger partial charge on any atom is 0.326 e. The van der Waals surface area contributed by atoms with Crippen molar-refractivity contribution in [1.29, 1.82) is 0 Å². The molecule has 1 aliphatic heterocycles. The Labute approximate surface area is 167 Å².